The number of sulfone groups is 1. The molecule has 1 amide bonds. The Morgan fingerprint density at radius 1 is 1.30 bits per heavy atom. The predicted molar refractivity (Wildman–Crippen MR) is 84.2 cm³/mol. The van der Waals surface area contributed by atoms with Crippen molar-refractivity contribution in [3.8, 4) is 6.07 Å². The Labute approximate surface area is 135 Å². The van der Waals surface area contributed by atoms with E-state index in [-0.39, 0.29) is 5.56 Å². The fraction of sp³-hybridized carbons (Fsp3) is 0.467. The summed E-state index contributed by atoms with van der Waals surface area (Å²) in [5, 5.41) is 8.01. The number of hydrogen-bond acceptors (Lipinski definition) is 5. The summed E-state index contributed by atoms with van der Waals surface area (Å²) in [7, 11) is -3.43. The van der Waals surface area contributed by atoms with Crippen molar-refractivity contribution in [3.63, 3.8) is 0 Å². The molecule has 1 atom stereocenters. The Morgan fingerprint density at radius 2 is 1.91 bits per heavy atom. The van der Waals surface area contributed by atoms with Crippen molar-refractivity contribution in [3.05, 3.63) is 29.6 Å². The molecule has 1 saturated heterocycles. The molecule has 124 valence electrons. The first kappa shape index (κ1) is 17.2. The van der Waals surface area contributed by atoms with Gasteiger partial charge in [-0.2, -0.15) is 5.26 Å². The van der Waals surface area contributed by atoms with Crippen molar-refractivity contribution in [2.24, 2.45) is 0 Å². The smallest absolute Gasteiger partial charge is 0.240 e. The van der Waals surface area contributed by atoms with Gasteiger partial charge in [0.2, 0.25) is 5.91 Å². The van der Waals surface area contributed by atoms with Gasteiger partial charge in [0.25, 0.3) is 0 Å². The maximum absolute atomic E-state index is 13.7. The number of halogens is 1. The summed E-state index contributed by atoms with van der Waals surface area (Å²) in [5.41, 5.74) is 0.479. The lowest BCUT2D eigenvalue weighted by Crippen LogP contribution is -2.52. The Bertz CT molecular complexity index is 750. The van der Waals surface area contributed by atoms with Gasteiger partial charge in [-0.1, -0.05) is 6.07 Å². The SMILES string of the molecule is CC(C(=O)N1CCN(c2cccc(F)c2C#N)CC1)S(C)(=O)=O. The van der Waals surface area contributed by atoms with E-state index in [0.29, 0.717) is 31.9 Å². The molecule has 1 aromatic carbocycles. The van der Waals surface area contributed by atoms with Crippen LogP contribution in [0.5, 0.6) is 0 Å². The maximum atomic E-state index is 13.7. The summed E-state index contributed by atoms with van der Waals surface area (Å²) in [5.74, 6) is -0.999. The highest BCUT2D eigenvalue weighted by Crippen LogP contribution is 2.24. The number of piperazine rings is 1. The summed E-state index contributed by atoms with van der Waals surface area (Å²) >= 11 is 0. The third-order valence-electron chi connectivity index (χ3n) is 4.03. The predicted octanol–water partition coefficient (Wildman–Crippen LogP) is 0.779. The van der Waals surface area contributed by atoms with Crippen molar-refractivity contribution >= 4 is 21.4 Å². The first-order chi connectivity index (χ1) is 10.8. The minimum atomic E-state index is -3.43. The largest absolute Gasteiger partial charge is 0.367 e. The molecule has 0 N–H and O–H groups in total. The molecule has 1 unspecified atom stereocenters. The molecule has 2 rings (SSSR count). The monoisotopic (exact) mass is 339 g/mol. The molecule has 0 saturated carbocycles. The van der Waals surface area contributed by atoms with E-state index >= 15 is 0 Å². The molecule has 8 heteroatoms. The molecular weight excluding hydrogens is 321 g/mol. The van der Waals surface area contributed by atoms with E-state index in [2.05, 4.69) is 0 Å². The number of amides is 1. The molecule has 23 heavy (non-hydrogen) atoms. The molecule has 1 heterocycles. The lowest BCUT2D eigenvalue weighted by atomic mass is 10.1. The minimum absolute atomic E-state index is 0.0169. The fourth-order valence-electron chi connectivity index (χ4n) is 2.49. The number of carbonyl (C=O) groups excluding carboxylic acids is 1. The summed E-state index contributed by atoms with van der Waals surface area (Å²) in [6.07, 6.45) is 1.04. The van der Waals surface area contributed by atoms with Crippen LogP contribution in [-0.4, -0.2) is 56.9 Å². The zero-order valence-corrected chi connectivity index (χ0v) is 13.8. The summed E-state index contributed by atoms with van der Waals surface area (Å²) in [6.45, 7) is 2.88. The van der Waals surface area contributed by atoms with Gasteiger partial charge in [-0.3, -0.25) is 4.79 Å². The summed E-state index contributed by atoms with van der Waals surface area (Å²) in [4.78, 5) is 15.5. The van der Waals surface area contributed by atoms with Crippen LogP contribution in [0.15, 0.2) is 18.2 Å². The van der Waals surface area contributed by atoms with Crippen LogP contribution in [-0.2, 0) is 14.6 Å². The second-order valence-corrected chi connectivity index (χ2v) is 7.90. The molecule has 1 aliphatic rings. The molecule has 0 radical (unpaired) electrons. The van der Waals surface area contributed by atoms with Gasteiger partial charge in [-0.25, -0.2) is 12.8 Å². The number of carbonyl (C=O) groups is 1. The van der Waals surface area contributed by atoms with Crippen molar-refractivity contribution < 1.29 is 17.6 Å². The molecule has 1 aromatic rings. The highest BCUT2D eigenvalue weighted by atomic mass is 32.2. The van der Waals surface area contributed by atoms with Gasteiger partial charge < -0.3 is 9.80 Å². The van der Waals surface area contributed by atoms with Gasteiger partial charge in [-0.05, 0) is 19.1 Å². The molecule has 0 aliphatic carbocycles. The van der Waals surface area contributed by atoms with Crippen LogP contribution in [0.3, 0.4) is 0 Å². The molecule has 0 spiro atoms. The Balaban J connectivity index is 2.10. The number of rotatable bonds is 3. The third kappa shape index (κ3) is 3.62. The fourth-order valence-corrected chi connectivity index (χ4v) is 3.01. The van der Waals surface area contributed by atoms with Gasteiger partial charge in [0, 0.05) is 32.4 Å². The van der Waals surface area contributed by atoms with E-state index in [9.17, 15) is 17.6 Å². The van der Waals surface area contributed by atoms with Crippen molar-refractivity contribution in [1.29, 1.82) is 5.26 Å². The maximum Gasteiger partial charge on any atom is 0.240 e. The van der Waals surface area contributed by atoms with Crippen LogP contribution < -0.4 is 4.90 Å². The zero-order chi connectivity index (χ0) is 17.2. The van der Waals surface area contributed by atoms with Crippen molar-refractivity contribution in [2.75, 3.05) is 37.3 Å². The van der Waals surface area contributed by atoms with Gasteiger partial charge in [-0.15, -0.1) is 0 Å². The van der Waals surface area contributed by atoms with E-state index in [1.807, 2.05) is 11.0 Å². The molecular formula is C15H18FN3O3S. The number of nitriles is 1. The standard InChI is InChI=1S/C15H18FN3O3S/c1-11(23(2,21)22)15(20)19-8-6-18(7-9-19)14-5-3-4-13(16)12(14)10-17/h3-5,11H,6-9H2,1-2H3. The summed E-state index contributed by atoms with van der Waals surface area (Å²) < 4.78 is 36.6. The lowest BCUT2D eigenvalue weighted by molar-refractivity contribution is -0.130. The average molecular weight is 339 g/mol. The molecule has 0 bridgehead atoms. The lowest BCUT2D eigenvalue weighted by Gasteiger charge is -2.37. The van der Waals surface area contributed by atoms with Gasteiger partial charge >= 0.3 is 0 Å². The Morgan fingerprint density at radius 3 is 2.43 bits per heavy atom. The summed E-state index contributed by atoms with van der Waals surface area (Å²) in [6, 6.07) is 6.29. The van der Waals surface area contributed by atoms with Gasteiger partial charge in [0.05, 0.1) is 5.69 Å². The number of benzene rings is 1. The van der Waals surface area contributed by atoms with Crippen molar-refractivity contribution in [1.82, 2.24) is 4.90 Å². The molecule has 6 nitrogen and oxygen atoms in total. The third-order valence-corrected chi connectivity index (χ3v) is 5.51. The van der Waals surface area contributed by atoms with Crippen molar-refractivity contribution in [2.45, 2.75) is 12.2 Å². The molecule has 0 aromatic heterocycles. The number of hydrogen-bond donors (Lipinski definition) is 0. The van der Waals surface area contributed by atoms with Gasteiger partial charge in [0.1, 0.15) is 22.7 Å². The zero-order valence-electron chi connectivity index (χ0n) is 13.0. The van der Waals surface area contributed by atoms with Crippen LogP contribution in [0.4, 0.5) is 10.1 Å². The second kappa shape index (κ2) is 6.54. The van der Waals surface area contributed by atoms with Gasteiger partial charge in [0.15, 0.2) is 9.84 Å². The van der Waals surface area contributed by atoms with E-state index in [4.69, 9.17) is 5.26 Å². The number of nitrogens with zero attached hydrogens (tertiary/aromatic N) is 3. The highest BCUT2D eigenvalue weighted by molar-refractivity contribution is 7.92. The van der Waals surface area contributed by atoms with E-state index < -0.39 is 26.8 Å². The van der Waals surface area contributed by atoms with Crippen LogP contribution in [0.25, 0.3) is 0 Å². The molecule has 1 fully saturated rings. The highest BCUT2D eigenvalue weighted by Gasteiger charge is 2.31. The van der Waals surface area contributed by atoms with Crippen LogP contribution in [0.1, 0.15) is 12.5 Å². The minimum Gasteiger partial charge on any atom is -0.367 e. The number of anilines is 1. The van der Waals surface area contributed by atoms with Crippen LogP contribution >= 0.6 is 0 Å². The van der Waals surface area contributed by atoms with E-state index in [0.717, 1.165) is 6.26 Å². The first-order valence-corrected chi connectivity index (χ1v) is 9.12. The second-order valence-electron chi connectivity index (χ2n) is 5.53. The van der Waals surface area contributed by atoms with E-state index in [1.54, 1.807) is 6.07 Å². The first-order valence-electron chi connectivity index (χ1n) is 7.17. The van der Waals surface area contributed by atoms with Crippen LogP contribution in [0, 0.1) is 17.1 Å². The van der Waals surface area contributed by atoms with Crippen LogP contribution in [0.2, 0.25) is 0 Å². The average Bonchev–Trinajstić information content (AvgIpc) is 2.52. The molecule has 1 aliphatic heterocycles. The Kier molecular flexibility index (Phi) is 4.90. The van der Waals surface area contributed by atoms with E-state index in [1.165, 1.54) is 24.0 Å². The topological polar surface area (TPSA) is 81.5 Å². The quantitative estimate of drug-likeness (QED) is 0.813. The Hall–Kier alpha value is -2.14. The normalized spacial score (nSPS) is 16.8.